The van der Waals surface area contributed by atoms with Gasteiger partial charge in [-0.3, -0.25) is 4.79 Å². The molecule has 0 unspecified atom stereocenters. The maximum Gasteiger partial charge on any atom is 0.252 e. The number of nitrogens with zero attached hydrogens (tertiary/aromatic N) is 4. The summed E-state index contributed by atoms with van der Waals surface area (Å²) < 4.78 is 7.29. The number of amides is 1. The first-order valence-corrected chi connectivity index (χ1v) is 12.1. The molecule has 0 spiro atoms. The number of fused-ring (bicyclic) bond motifs is 1. The third kappa shape index (κ3) is 5.60. The van der Waals surface area contributed by atoms with Gasteiger partial charge in [0.15, 0.2) is 5.65 Å². The summed E-state index contributed by atoms with van der Waals surface area (Å²) in [5, 5.41) is 8.46. The van der Waals surface area contributed by atoms with E-state index in [9.17, 15) is 4.79 Å². The Labute approximate surface area is 196 Å². The molecule has 4 rings (SSSR count). The average Bonchev–Trinajstić information content (AvgIpc) is 3.26. The first kappa shape index (κ1) is 23.4. The zero-order valence-electron chi connectivity index (χ0n) is 20.0. The smallest absolute Gasteiger partial charge is 0.252 e. The highest BCUT2D eigenvalue weighted by Gasteiger charge is 2.21. The number of aryl methyl sites for hydroxylation is 1. The Bertz CT molecular complexity index is 1090. The van der Waals surface area contributed by atoms with Gasteiger partial charge in [0.2, 0.25) is 0 Å². The first-order valence-electron chi connectivity index (χ1n) is 12.1. The van der Waals surface area contributed by atoms with Gasteiger partial charge < -0.3 is 15.0 Å². The van der Waals surface area contributed by atoms with Gasteiger partial charge in [-0.2, -0.15) is 5.10 Å². The van der Waals surface area contributed by atoms with Crippen LogP contribution in [-0.2, 0) is 17.8 Å². The van der Waals surface area contributed by atoms with E-state index in [0.717, 1.165) is 48.2 Å². The van der Waals surface area contributed by atoms with Gasteiger partial charge in [-0.15, -0.1) is 0 Å². The SMILES string of the molecule is CCCCN(C)Cc1cccc(-c2cc(C(=O)NC3CCOCC3)c3cnn(CC)c3n2)c1. The second kappa shape index (κ2) is 10.9. The van der Waals surface area contributed by atoms with Crippen LogP contribution in [0, 0.1) is 0 Å². The van der Waals surface area contributed by atoms with Gasteiger partial charge >= 0.3 is 0 Å². The van der Waals surface area contributed by atoms with Crippen LogP contribution in [-0.4, -0.2) is 58.4 Å². The standard InChI is InChI=1S/C26H35N5O2/c1-4-6-12-30(3)18-19-8-7-9-20(15-19)24-16-22(23-17-27-31(5-2)25(23)29-24)26(32)28-21-10-13-33-14-11-21/h7-9,15-17,21H,4-6,10-14,18H2,1-3H3,(H,28,32). The van der Waals surface area contributed by atoms with Gasteiger partial charge in [-0.1, -0.05) is 31.5 Å². The predicted octanol–water partition coefficient (Wildman–Crippen LogP) is 4.26. The fraction of sp³-hybridized carbons (Fsp3) is 0.500. The average molecular weight is 450 g/mol. The normalized spacial score (nSPS) is 14.8. The minimum absolute atomic E-state index is 0.0679. The van der Waals surface area contributed by atoms with Crippen LogP contribution >= 0.6 is 0 Å². The van der Waals surface area contributed by atoms with Gasteiger partial charge in [0.25, 0.3) is 5.91 Å². The number of hydrogen-bond donors (Lipinski definition) is 1. The van der Waals surface area contributed by atoms with E-state index in [2.05, 4.69) is 53.6 Å². The summed E-state index contributed by atoms with van der Waals surface area (Å²) in [6.07, 6.45) is 5.83. The highest BCUT2D eigenvalue weighted by molar-refractivity contribution is 6.06. The van der Waals surface area contributed by atoms with E-state index in [4.69, 9.17) is 9.72 Å². The summed E-state index contributed by atoms with van der Waals surface area (Å²) in [5.74, 6) is -0.0679. The van der Waals surface area contributed by atoms with Crippen molar-refractivity contribution in [3.05, 3.63) is 47.7 Å². The molecule has 1 aromatic carbocycles. The quantitative estimate of drug-likeness (QED) is 0.528. The molecule has 1 aliphatic heterocycles. The van der Waals surface area contributed by atoms with Gasteiger partial charge in [0, 0.05) is 37.9 Å². The van der Waals surface area contributed by atoms with Crippen LogP contribution in [0.4, 0.5) is 0 Å². The van der Waals surface area contributed by atoms with E-state index < -0.39 is 0 Å². The Morgan fingerprint density at radius 1 is 1.24 bits per heavy atom. The molecule has 176 valence electrons. The number of pyridine rings is 1. The molecule has 7 heteroatoms. The molecule has 3 heterocycles. The molecule has 0 radical (unpaired) electrons. The second-order valence-electron chi connectivity index (χ2n) is 8.90. The largest absolute Gasteiger partial charge is 0.381 e. The maximum atomic E-state index is 13.3. The van der Waals surface area contributed by atoms with Crippen LogP contribution in [0.1, 0.15) is 55.5 Å². The van der Waals surface area contributed by atoms with Crippen molar-refractivity contribution in [3.8, 4) is 11.3 Å². The van der Waals surface area contributed by atoms with E-state index >= 15 is 0 Å². The molecule has 1 N–H and O–H groups in total. The van der Waals surface area contributed by atoms with Crippen molar-refractivity contribution in [2.45, 2.75) is 58.7 Å². The molecule has 7 nitrogen and oxygen atoms in total. The lowest BCUT2D eigenvalue weighted by Crippen LogP contribution is -2.39. The number of carbonyl (C=O) groups is 1. The molecule has 0 atom stereocenters. The fourth-order valence-corrected chi connectivity index (χ4v) is 4.37. The highest BCUT2D eigenvalue weighted by Crippen LogP contribution is 2.26. The van der Waals surface area contributed by atoms with Gasteiger partial charge in [-0.05, 0) is 57.5 Å². The highest BCUT2D eigenvalue weighted by atomic mass is 16.5. The molecule has 2 aromatic heterocycles. The van der Waals surface area contributed by atoms with Gasteiger partial charge in [0.05, 0.1) is 22.8 Å². The number of aromatic nitrogens is 3. The molecule has 0 aliphatic carbocycles. The zero-order chi connectivity index (χ0) is 23.2. The second-order valence-corrected chi connectivity index (χ2v) is 8.90. The molecular formula is C26H35N5O2. The van der Waals surface area contributed by atoms with Crippen LogP contribution in [0.15, 0.2) is 36.5 Å². The molecule has 33 heavy (non-hydrogen) atoms. The lowest BCUT2D eigenvalue weighted by molar-refractivity contribution is 0.0697. The predicted molar refractivity (Wildman–Crippen MR) is 131 cm³/mol. The first-order chi connectivity index (χ1) is 16.1. The van der Waals surface area contributed by atoms with Crippen LogP contribution in [0.2, 0.25) is 0 Å². The Hall–Kier alpha value is -2.77. The lowest BCUT2D eigenvalue weighted by atomic mass is 10.0. The number of unbranched alkanes of at least 4 members (excludes halogenated alkanes) is 1. The van der Waals surface area contributed by atoms with Gasteiger partial charge in [-0.25, -0.2) is 9.67 Å². The summed E-state index contributed by atoms with van der Waals surface area (Å²) in [4.78, 5) is 20.6. The van der Waals surface area contributed by atoms with Crippen LogP contribution < -0.4 is 5.32 Å². The summed E-state index contributed by atoms with van der Waals surface area (Å²) in [6.45, 7) is 8.30. The summed E-state index contributed by atoms with van der Waals surface area (Å²) in [5.41, 5.74) is 4.43. The van der Waals surface area contributed by atoms with Crippen molar-refractivity contribution in [3.63, 3.8) is 0 Å². The van der Waals surface area contributed by atoms with Crippen molar-refractivity contribution in [2.75, 3.05) is 26.8 Å². The molecule has 0 bridgehead atoms. The summed E-state index contributed by atoms with van der Waals surface area (Å²) >= 11 is 0. The molecule has 1 aliphatic rings. The Balaban J connectivity index is 1.66. The van der Waals surface area contributed by atoms with E-state index in [1.54, 1.807) is 6.20 Å². The van der Waals surface area contributed by atoms with Crippen LogP contribution in [0.5, 0.6) is 0 Å². The molecule has 3 aromatic rings. The Kier molecular flexibility index (Phi) is 7.73. The minimum Gasteiger partial charge on any atom is -0.381 e. The van der Waals surface area contributed by atoms with E-state index in [1.807, 2.05) is 17.7 Å². The lowest BCUT2D eigenvalue weighted by Gasteiger charge is -2.23. The number of nitrogens with one attached hydrogen (secondary N) is 1. The molecule has 1 amide bonds. The number of carbonyl (C=O) groups excluding carboxylic acids is 1. The van der Waals surface area contributed by atoms with Crippen molar-refractivity contribution in [2.24, 2.45) is 0 Å². The van der Waals surface area contributed by atoms with Crippen LogP contribution in [0.3, 0.4) is 0 Å². The van der Waals surface area contributed by atoms with Crippen molar-refractivity contribution in [1.82, 2.24) is 25.0 Å². The molecule has 0 saturated carbocycles. The van der Waals surface area contributed by atoms with Crippen molar-refractivity contribution < 1.29 is 9.53 Å². The zero-order valence-corrected chi connectivity index (χ0v) is 20.0. The maximum absolute atomic E-state index is 13.3. The number of rotatable bonds is 9. The third-order valence-electron chi connectivity index (χ3n) is 6.28. The topological polar surface area (TPSA) is 72.3 Å². The fourth-order valence-electron chi connectivity index (χ4n) is 4.37. The van der Waals surface area contributed by atoms with Gasteiger partial charge in [0.1, 0.15) is 0 Å². The number of ether oxygens (including phenoxy) is 1. The van der Waals surface area contributed by atoms with E-state index in [0.29, 0.717) is 25.3 Å². The number of benzene rings is 1. The molecular weight excluding hydrogens is 414 g/mol. The molecule has 1 fully saturated rings. The number of hydrogen-bond acceptors (Lipinski definition) is 5. The van der Waals surface area contributed by atoms with Crippen LogP contribution in [0.25, 0.3) is 22.3 Å². The van der Waals surface area contributed by atoms with Crippen molar-refractivity contribution in [1.29, 1.82) is 0 Å². The third-order valence-corrected chi connectivity index (χ3v) is 6.28. The Morgan fingerprint density at radius 2 is 2.06 bits per heavy atom. The monoisotopic (exact) mass is 449 g/mol. The Morgan fingerprint density at radius 3 is 2.82 bits per heavy atom. The summed E-state index contributed by atoms with van der Waals surface area (Å²) in [7, 11) is 2.16. The minimum atomic E-state index is -0.0679. The van der Waals surface area contributed by atoms with E-state index in [-0.39, 0.29) is 11.9 Å². The van der Waals surface area contributed by atoms with Crippen molar-refractivity contribution >= 4 is 16.9 Å². The summed E-state index contributed by atoms with van der Waals surface area (Å²) in [6, 6.07) is 10.5. The molecule has 1 saturated heterocycles. The van der Waals surface area contributed by atoms with E-state index in [1.165, 1.54) is 18.4 Å².